The quantitative estimate of drug-likeness (QED) is 0.646. The van der Waals surface area contributed by atoms with Gasteiger partial charge in [0.05, 0.1) is 0 Å². The van der Waals surface area contributed by atoms with Crippen LogP contribution in [-0.2, 0) is 0 Å². The van der Waals surface area contributed by atoms with Crippen molar-refractivity contribution in [3.05, 3.63) is 41.0 Å². The smallest absolute Gasteiger partial charge is 0.0193 e. The first-order valence-corrected chi connectivity index (χ1v) is 5.30. The van der Waals surface area contributed by atoms with Crippen molar-refractivity contribution in [1.29, 1.82) is 0 Å². The fourth-order valence-electron chi connectivity index (χ4n) is 1.85. The Morgan fingerprint density at radius 1 is 1.21 bits per heavy atom. The largest absolute Gasteiger partial charge is 0.0836 e. The average molecular weight is 188 g/mol. The Kier molecular flexibility index (Phi) is 3.51. The van der Waals surface area contributed by atoms with Gasteiger partial charge in [-0.3, -0.25) is 0 Å². The van der Waals surface area contributed by atoms with E-state index in [-0.39, 0.29) is 0 Å². The molecule has 0 bridgehead atoms. The lowest BCUT2D eigenvalue weighted by Gasteiger charge is -2.14. The lowest BCUT2D eigenvalue weighted by molar-refractivity contribution is 0.852. The molecular formula is C14H20. The molecule has 14 heavy (non-hydrogen) atoms. The molecule has 0 fully saturated rings. The highest BCUT2D eigenvalue weighted by Crippen LogP contribution is 2.26. The zero-order valence-electron chi connectivity index (χ0n) is 9.89. The molecule has 1 rings (SSSR count). The third-order valence-corrected chi connectivity index (χ3v) is 2.64. The van der Waals surface area contributed by atoms with Crippen molar-refractivity contribution in [2.75, 3.05) is 0 Å². The molecule has 0 nitrogen and oxygen atoms in total. The van der Waals surface area contributed by atoms with Gasteiger partial charge >= 0.3 is 0 Å². The summed E-state index contributed by atoms with van der Waals surface area (Å²) < 4.78 is 0. The molecule has 0 radical (unpaired) electrons. The van der Waals surface area contributed by atoms with Crippen molar-refractivity contribution < 1.29 is 0 Å². The van der Waals surface area contributed by atoms with Crippen LogP contribution in [0.15, 0.2) is 24.3 Å². The number of benzene rings is 1. The van der Waals surface area contributed by atoms with Gasteiger partial charge in [-0.05, 0) is 43.4 Å². The van der Waals surface area contributed by atoms with Crippen molar-refractivity contribution in [1.82, 2.24) is 0 Å². The third-order valence-electron chi connectivity index (χ3n) is 2.64. The van der Waals surface area contributed by atoms with Crippen molar-refractivity contribution in [2.45, 2.75) is 34.6 Å². The molecule has 0 atom stereocenters. The van der Waals surface area contributed by atoms with Gasteiger partial charge in [0.25, 0.3) is 0 Å². The van der Waals surface area contributed by atoms with Crippen LogP contribution in [0.2, 0.25) is 0 Å². The monoisotopic (exact) mass is 188 g/mol. The molecule has 0 aliphatic rings. The zero-order chi connectivity index (χ0) is 10.7. The van der Waals surface area contributed by atoms with E-state index in [0.29, 0.717) is 5.92 Å². The van der Waals surface area contributed by atoms with Crippen LogP contribution in [0.1, 0.15) is 37.5 Å². The van der Waals surface area contributed by atoms with Crippen LogP contribution >= 0.6 is 0 Å². The first-order valence-electron chi connectivity index (χ1n) is 5.30. The van der Waals surface area contributed by atoms with E-state index in [1.165, 1.54) is 22.3 Å². The van der Waals surface area contributed by atoms with E-state index in [1.54, 1.807) is 0 Å². The maximum Gasteiger partial charge on any atom is -0.0193 e. The normalized spacial score (nSPS) is 12.3. The van der Waals surface area contributed by atoms with Crippen LogP contribution in [0.25, 0.3) is 5.57 Å². The zero-order valence-corrected chi connectivity index (χ0v) is 9.89. The summed E-state index contributed by atoms with van der Waals surface area (Å²) in [7, 11) is 0. The SMILES string of the molecule is CC=C(c1cc(C)ccc1C)C(C)C. The van der Waals surface area contributed by atoms with Crippen LogP contribution < -0.4 is 0 Å². The van der Waals surface area contributed by atoms with Gasteiger partial charge in [-0.15, -0.1) is 0 Å². The lowest BCUT2D eigenvalue weighted by atomic mass is 9.91. The maximum absolute atomic E-state index is 2.28. The summed E-state index contributed by atoms with van der Waals surface area (Å²) in [6, 6.07) is 6.66. The predicted octanol–water partition coefficient (Wildman–Crippen LogP) is 4.36. The Hall–Kier alpha value is -1.04. The summed E-state index contributed by atoms with van der Waals surface area (Å²) in [6.45, 7) is 10.9. The summed E-state index contributed by atoms with van der Waals surface area (Å²) in [5.74, 6) is 0.598. The molecular weight excluding hydrogens is 168 g/mol. The first kappa shape index (κ1) is 11.0. The number of allylic oxidation sites excluding steroid dienone is 2. The highest BCUT2D eigenvalue weighted by Gasteiger charge is 2.07. The summed E-state index contributed by atoms with van der Waals surface area (Å²) in [5.41, 5.74) is 5.57. The van der Waals surface area contributed by atoms with E-state index >= 15 is 0 Å². The fraction of sp³-hybridized carbons (Fsp3) is 0.429. The van der Waals surface area contributed by atoms with Crippen LogP contribution in [0, 0.1) is 19.8 Å². The molecule has 0 heterocycles. The highest BCUT2D eigenvalue weighted by atomic mass is 14.1. The van der Waals surface area contributed by atoms with E-state index in [4.69, 9.17) is 0 Å². The maximum atomic E-state index is 2.28. The number of rotatable bonds is 2. The Morgan fingerprint density at radius 3 is 2.36 bits per heavy atom. The van der Waals surface area contributed by atoms with Crippen LogP contribution in [0.3, 0.4) is 0 Å². The van der Waals surface area contributed by atoms with E-state index in [9.17, 15) is 0 Å². The lowest BCUT2D eigenvalue weighted by Crippen LogP contribution is -1.96. The van der Waals surface area contributed by atoms with E-state index in [2.05, 4.69) is 58.9 Å². The van der Waals surface area contributed by atoms with Gasteiger partial charge in [0.1, 0.15) is 0 Å². The van der Waals surface area contributed by atoms with Gasteiger partial charge in [0.2, 0.25) is 0 Å². The Labute approximate surface area is 87.7 Å². The molecule has 0 N–H and O–H groups in total. The molecule has 0 amide bonds. The molecule has 0 saturated carbocycles. The summed E-state index contributed by atoms with van der Waals surface area (Å²) in [6.07, 6.45) is 2.23. The van der Waals surface area contributed by atoms with E-state index in [0.717, 1.165) is 0 Å². The molecule has 0 aromatic heterocycles. The Balaban J connectivity index is 3.23. The number of hydrogen-bond donors (Lipinski definition) is 0. The molecule has 0 aliphatic carbocycles. The number of aryl methyl sites for hydroxylation is 2. The Bertz CT molecular complexity index is 343. The molecule has 0 aliphatic heterocycles. The Morgan fingerprint density at radius 2 is 1.86 bits per heavy atom. The van der Waals surface area contributed by atoms with Gasteiger partial charge in [0.15, 0.2) is 0 Å². The van der Waals surface area contributed by atoms with Crippen molar-refractivity contribution in [2.24, 2.45) is 5.92 Å². The van der Waals surface area contributed by atoms with Crippen molar-refractivity contribution >= 4 is 5.57 Å². The second kappa shape index (κ2) is 4.45. The van der Waals surface area contributed by atoms with Gasteiger partial charge in [-0.25, -0.2) is 0 Å². The second-order valence-electron chi connectivity index (χ2n) is 4.22. The fourth-order valence-corrected chi connectivity index (χ4v) is 1.85. The standard InChI is InChI=1S/C14H20/c1-6-13(10(2)3)14-9-11(4)7-8-12(14)5/h6-10H,1-5H3. The molecule has 1 aromatic carbocycles. The molecule has 0 saturated heterocycles. The average Bonchev–Trinajstić information content (AvgIpc) is 2.11. The van der Waals surface area contributed by atoms with Gasteiger partial charge in [-0.2, -0.15) is 0 Å². The van der Waals surface area contributed by atoms with Crippen molar-refractivity contribution in [3.63, 3.8) is 0 Å². The first-order chi connectivity index (χ1) is 6.56. The minimum Gasteiger partial charge on any atom is -0.0836 e. The molecule has 0 spiro atoms. The summed E-state index contributed by atoms with van der Waals surface area (Å²) in [4.78, 5) is 0. The van der Waals surface area contributed by atoms with Crippen LogP contribution in [-0.4, -0.2) is 0 Å². The van der Waals surface area contributed by atoms with E-state index in [1.807, 2.05) is 0 Å². The number of hydrogen-bond acceptors (Lipinski definition) is 0. The molecule has 0 unspecified atom stereocenters. The minimum absolute atomic E-state index is 0.598. The van der Waals surface area contributed by atoms with Gasteiger partial charge < -0.3 is 0 Å². The summed E-state index contributed by atoms with van der Waals surface area (Å²) >= 11 is 0. The summed E-state index contributed by atoms with van der Waals surface area (Å²) in [5, 5.41) is 0. The van der Waals surface area contributed by atoms with Gasteiger partial charge in [0, 0.05) is 0 Å². The molecule has 1 aromatic rings. The van der Waals surface area contributed by atoms with Gasteiger partial charge in [-0.1, -0.05) is 43.7 Å². The predicted molar refractivity (Wildman–Crippen MR) is 64.4 cm³/mol. The highest BCUT2D eigenvalue weighted by molar-refractivity contribution is 5.69. The minimum atomic E-state index is 0.598. The molecule has 76 valence electrons. The second-order valence-corrected chi connectivity index (χ2v) is 4.22. The third kappa shape index (κ3) is 2.25. The molecule has 0 heteroatoms. The van der Waals surface area contributed by atoms with Crippen LogP contribution in [0.4, 0.5) is 0 Å². The topological polar surface area (TPSA) is 0 Å². The van der Waals surface area contributed by atoms with E-state index < -0.39 is 0 Å². The van der Waals surface area contributed by atoms with Crippen LogP contribution in [0.5, 0.6) is 0 Å². The van der Waals surface area contributed by atoms with Crippen molar-refractivity contribution in [3.8, 4) is 0 Å².